The van der Waals surface area contributed by atoms with Crippen LogP contribution >= 0.6 is 0 Å². The van der Waals surface area contributed by atoms with Gasteiger partial charge in [0.15, 0.2) is 0 Å². The highest BCUT2D eigenvalue weighted by Gasteiger charge is 2.14. The molecule has 0 radical (unpaired) electrons. The lowest BCUT2D eigenvalue weighted by Crippen LogP contribution is -2.01. The summed E-state index contributed by atoms with van der Waals surface area (Å²) in [4.78, 5) is 33.2. The zero-order valence-corrected chi connectivity index (χ0v) is 12.8. The first kappa shape index (κ1) is 17.6. The van der Waals surface area contributed by atoms with E-state index in [0.717, 1.165) is 24.3 Å². The van der Waals surface area contributed by atoms with Gasteiger partial charge in [-0.15, -0.1) is 0 Å². The molecule has 0 unspecified atom stereocenters. The highest BCUT2D eigenvalue weighted by Crippen LogP contribution is 2.29. The van der Waals surface area contributed by atoms with Crippen molar-refractivity contribution in [3.8, 4) is 5.75 Å². The lowest BCUT2D eigenvalue weighted by atomic mass is 10.1. The summed E-state index contributed by atoms with van der Waals surface area (Å²) in [6.45, 7) is 1.48. The quantitative estimate of drug-likeness (QED) is 0.606. The van der Waals surface area contributed by atoms with Crippen LogP contribution in [-0.2, 0) is 0 Å². The molecule has 0 aliphatic heterocycles. The number of benzene rings is 2. The summed E-state index contributed by atoms with van der Waals surface area (Å²) in [6, 6.07) is 5.71. The Labute approximate surface area is 140 Å². The van der Waals surface area contributed by atoms with E-state index in [-0.39, 0.29) is 33.6 Å². The third kappa shape index (κ3) is 3.96. The van der Waals surface area contributed by atoms with Crippen molar-refractivity contribution in [3.05, 3.63) is 52.6 Å². The Morgan fingerprint density at radius 1 is 0.760 bits per heavy atom. The van der Waals surface area contributed by atoms with Crippen LogP contribution in [0.15, 0.2) is 40.6 Å². The van der Waals surface area contributed by atoms with Gasteiger partial charge in [0.25, 0.3) is 0 Å². The number of carbonyl (C=O) groups is 3. The molecule has 2 aromatic rings. The van der Waals surface area contributed by atoms with Crippen molar-refractivity contribution in [1.29, 1.82) is 0 Å². The Morgan fingerprint density at radius 3 is 1.68 bits per heavy atom. The average Bonchev–Trinajstić information content (AvgIpc) is 2.55. The van der Waals surface area contributed by atoms with Crippen LogP contribution in [-0.4, -0.2) is 38.3 Å². The Hall–Kier alpha value is -3.75. The second kappa shape index (κ2) is 6.79. The van der Waals surface area contributed by atoms with Crippen LogP contribution in [0.25, 0.3) is 0 Å². The summed E-state index contributed by atoms with van der Waals surface area (Å²) in [5, 5.41) is 44.3. The summed E-state index contributed by atoms with van der Waals surface area (Å²) >= 11 is 0. The van der Waals surface area contributed by atoms with Crippen LogP contribution in [0.4, 0.5) is 11.4 Å². The van der Waals surface area contributed by atoms with Gasteiger partial charge in [-0.05, 0) is 42.8 Å². The smallest absolute Gasteiger partial charge is 0.339 e. The van der Waals surface area contributed by atoms with Crippen molar-refractivity contribution in [1.82, 2.24) is 0 Å². The number of carboxylic acid groups (broad SMARTS) is 3. The highest BCUT2D eigenvalue weighted by molar-refractivity contribution is 5.95. The lowest BCUT2D eigenvalue weighted by Gasteiger charge is -2.04. The van der Waals surface area contributed by atoms with Crippen LogP contribution in [0.1, 0.15) is 36.6 Å². The SMILES string of the molecule is Cc1cc(N=Nc2cc(C(=O)O)cc(C(=O)O)c2)cc(C(=O)O)c1O. The van der Waals surface area contributed by atoms with E-state index >= 15 is 0 Å². The molecule has 0 saturated heterocycles. The molecular weight excluding hydrogens is 332 g/mol. The van der Waals surface area contributed by atoms with Gasteiger partial charge in [-0.25, -0.2) is 14.4 Å². The van der Waals surface area contributed by atoms with Crippen molar-refractivity contribution < 1.29 is 34.8 Å². The van der Waals surface area contributed by atoms with Crippen molar-refractivity contribution >= 4 is 29.3 Å². The Balaban J connectivity index is 2.47. The number of hydrogen-bond acceptors (Lipinski definition) is 6. The van der Waals surface area contributed by atoms with E-state index in [0.29, 0.717) is 0 Å². The second-order valence-corrected chi connectivity index (χ2v) is 5.04. The molecule has 4 N–H and O–H groups in total. The molecule has 0 saturated carbocycles. The zero-order valence-electron chi connectivity index (χ0n) is 12.8. The normalized spacial score (nSPS) is 10.8. The number of nitrogens with zero attached hydrogens (tertiary/aromatic N) is 2. The van der Waals surface area contributed by atoms with Crippen molar-refractivity contribution in [2.75, 3.05) is 0 Å². The molecule has 9 heteroatoms. The van der Waals surface area contributed by atoms with Gasteiger partial charge in [-0.3, -0.25) is 0 Å². The Bertz CT molecular complexity index is 887. The molecule has 2 aromatic carbocycles. The van der Waals surface area contributed by atoms with E-state index in [4.69, 9.17) is 15.3 Å². The monoisotopic (exact) mass is 344 g/mol. The summed E-state index contributed by atoms with van der Waals surface area (Å²) in [7, 11) is 0. The molecule has 0 aliphatic rings. The van der Waals surface area contributed by atoms with Crippen LogP contribution in [0.5, 0.6) is 5.75 Å². The number of carboxylic acids is 3. The van der Waals surface area contributed by atoms with E-state index in [2.05, 4.69) is 10.2 Å². The van der Waals surface area contributed by atoms with Gasteiger partial charge in [-0.1, -0.05) is 0 Å². The molecule has 0 spiro atoms. The number of azo groups is 1. The van der Waals surface area contributed by atoms with Gasteiger partial charge in [0, 0.05) is 0 Å². The average molecular weight is 344 g/mol. The van der Waals surface area contributed by atoms with Crippen molar-refractivity contribution in [2.45, 2.75) is 6.92 Å². The number of rotatable bonds is 5. The van der Waals surface area contributed by atoms with E-state index in [9.17, 15) is 19.5 Å². The number of hydrogen-bond donors (Lipinski definition) is 4. The minimum atomic E-state index is -1.35. The maximum absolute atomic E-state index is 11.1. The van der Waals surface area contributed by atoms with Gasteiger partial charge >= 0.3 is 17.9 Å². The lowest BCUT2D eigenvalue weighted by molar-refractivity contribution is 0.0680. The summed E-state index contributed by atoms with van der Waals surface area (Å²) in [5.74, 6) is -4.40. The fourth-order valence-corrected chi connectivity index (χ4v) is 2.01. The van der Waals surface area contributed by atoms with Crippen LogP contribution < -0.4 is 0 Å². The zero-order chi connectivity index (χ0) is 18.7. The topological polar surface area (TPSA) is 157 Å². The van der Waals surface area contributed by atoms with E-state index in [1.807, 2.05) is 0 Å². The largest absolute Gasteiger partial charge is 0.507 e. The standard InChI is InChI=1S/C16H12N2O7/c1-7-2-10(6-12(13(7)19)16(24)25)17-18-11-4-8(14(20)21)3-9(5-11)15(22)23/h2-6,19H,1H3,(H,20,21)(H,22,23)(H,24,25). The fourth-order valence-electron chi connectivity index (χ4n) is 2.01. The molecular formula is C16H12N2O7. The minimum Gasteiger partial charge on any atom is -0.507 e. The maximum atomic E-state index is 11.1. The summed E-state index contributed by atoms with van der Waals surface area (Å²) in [5.41, 5.74) is -0.576. The van der Waals surface area contributed by atoms with E-state index in [1.165, 1.54) is 13.0 Å². The molecule has 2 rings (SSSR count). The first-order valence-corrected chi connectivity index (χ1v) is 6.79. The second-order valence-electron chi connectivity index (χ2n) is 5.04. The van der Waals surface area contributed by atoms with Gasteiger partial charge in [0.2, 0.25) is 0 Å². The van der Waals surface area contributed by atoms with Crippen LogP contribution in [0.3, 0.4) is 0 Å². The highest BCUT2D eigenvalue weighted by atomic mass is 16.4. The number of phenols is 1. The molecule has 0 bridgehead atoms. The molecule has 0 atom stereocenters. The molecule has 0 aliphatic carbocycles. The fraction of sp³-hybridized carbons (Fsp3) is 0.0625. The number of aromatic hydroxyl groups is 1. The van der Waals surface area contributed by atoms with E-state index < -0.39 is 23.7 Å². The summed E-state index contributed by atoms with van der Waals surface area (Å²) < 4.78 is 0. The molecule has 0 heterocycles. The van der Waals surface area contributed by atoms with Crippen LogP contribution in [0, 0.1) is 6.92 Å². The minimum absolute atomic E-state index is 0.0279. The van der Waals surface area contributed by atoms with Gasteiger partial charge < -0.3 is 20.4 Å². The van der Waals surface area contributed by atoms with Gasteiger partial charge in [0.1, 0.15) is 11.3 Å². The van der Waals surface area contributed by atoms with E-state index in [1.54, 1.807) is 0 Å². The number of aromatic carboxylic acids is 3. The molecule has 128 valence electrons. The third-order valence-electron chi connectivity index (χ3n) is 3.21. The molecule has 0 aromatic heterocycles. The van der Waals surface area contributed by atoms with Crippen molar-refractivity contribution in [3.63, 3.8) is 0 Å². The molecule has 0 amide bonds. The first-order chi connectivity index (χ1) is 11.7. The van der Waals surface area contributed by atoms with Crippen molar-refractivity contribution in [2.24, 2.45) is 10.2 Å². The van der Waals surface area contributed by atoms with Gasteiger partial charge in [0.05, 0.1) is 22.5 Å². The first-order valence-electron chi connectivity index (χ1n) is 6.79. The Morgan fingerprint density at radius 2 is 1.24 bits per heavy atom. The van der Waals surface area contributed by atoms with Crippen LogP contribution in [0.2, 0.25) is 0 Å². The molecule has 0 fully saturated rings. The number of aryl methyl sites for hydroxylation is 1. The predicted molar refractivity (Wildman–Crippen MR) is 84.3 cm³/mol. The third-order valence-corrected chi connectivity index (χ3v) is 3.21. The molecule has 25 heavy (non-hydrogen) atoms. The predicted octanol–water partition coefficient (Wildman–Crippen LogP) is 3.21. The van der Waals surface area contributed by atoms with Gasteiger partial charge in [-0.2, -0.15) is 10.2 Å². The molecule has 9 nitrogen and oxygen atoms in total. The Kier molecular flexibility index (Phi) is 4.78. The maximum Gasteiger partial charge on any atom is 0.339 e. The summed E-state index contributed by atoms with van der Waals surface area (Å²) in [6.07, 6.45) is 0.